The third-order valence-corrected chi connectivity index (χ3v) is 2.46. The minimum absolute atomic E-state index is 0.533. The second kappa shape index (κ2) is 4.87. The fraction of sp³-hybridized carbons (Fsp3) is 0.0769. The Labute approximate surface area is 98.8 Å². The van der Waals surface area contributed by atoms with Crippen molar-refractivity contribution in [2.24, 2.45) is 0 Å². The zero-order chi connectivity index (χ0) is 12.1. The van der Waals surface area contributed by atoms with Crippen LogP contribution in [-0.4, -0.2) is 0 Å². The van der Waals surface area contributed by atoms with Crippen molar-refractivity contribution in [3.8, 4) is 0 Å². The van der Waals surface area contributed by atoms with Crippen LogP contribution < -0.4 is 0 Å². The highest BCUT2D eigenvalue weighted by Crippen LogP contribution is 2.19. The van der Waals surface area contributed by atoms with Crippen LogP contribution >= 0.6 is 0 Å². The molecule has 2 aromatic carbocycles. The Morgan fingerprint density at radius 1 is 0.765 bits per heavy atom. The normalized spacial score (nSPS) is 9.29. The van der Waals surface area contributed by atoms with Crippen LogP contribution in [0.1, 0.15) is 11.1 Å². The van der Waals surface area contributed by atoms with Gasteiger partial charge >= 0.3 is 11.4 Å². The smallest absolute Gasteiger partial charge is 0.0581 e. The van der Waals surface area contributed by atoms with Crippen LogP contribution in [0.5, 0.6) is 0 Å². The number of rotatable bonds is 2. The quantitative estimate of drug-likeness (QED) is 0.713. The summed E-state index contributed by atoms with van der Waals surface area (Å²) in [6.45, 7) is 0. The molecule has 0 aliphatic carbocycles. The van der Waals surface area contributed by atoms with E-state index in [1.54, 1.807) is 12.1 Å². The van der Waals surface area contributed by atoms with Gasteiger partial charge in [0.1, 0.15) is 0 Å². The highest BCUT2D eigenvalue weighted by Gasteiger charge is 2.08. The van der Waals surface area contributed by atoms with E-state index < -0.39 is 0 Å². The van der Waals surface area contributed by atoms with E-state index in [-0.39, 0.29) is 0 Å². The van der Waals surface area contributed by atoms with Crippen molar-refractivity contribution in [2.75, 3.05) is 0 Å². The van der Waals surface area contributed by atoms with Crippen LogP contribution in [-0.2, 0) is 6.42 Å². The van der Waals surface area contributed by atoms with Gasteiger partial charge in [-0.2, -0.15) is 0 Å². The minimum Gasteiger partial charge on any atom is -0.0581 e. The summed E-state index contributed by atoms with van der Waals surface area (Å²) in [5.74, 6) is 0. The van der Waals surface area contributed by atoms with Crippen LogP contribution in [0.4, 0.5) is 11.4 Å². The van der Waals surface area contributed by atoms with Gasteiger partial charge in [0.05, 0.1) is 0 Å². The fourth-order valence-electron chi connectivity index (χ4n) is 1.69. The Kier molecular flexibility index (Phi) is 3.09. The van der Waals surface area contributed by atoms with Crippen molar-refractivity contribution in [3.05, 3.63) is 69.6 Å². The van der Waals surface area contributed by atoms with E-state index >= 15 is 0 Å². The average molecular weight is 222 g/mol. The molecule has 0 fully saturated rings. The monoisotopic (exact) mass is 222 g/mol. The van der Waals surface area contributed by atoms with Gasteiger partial charge in [-0.15, -0.1) is 0 Å². The van der Waals surface area contributed by atoms with E-state index in [0.29, 0.717) is 17.8 Å². The Hall–Kier alpha value is -2.72. The van der Waals surface area contributed by atoms with Crippen LogP contribution in [0, 0.1) is 10.8 Å². The molecule has 0 aromatic heterocycles. The molecule has 0 aliphatic rings. The van der Waals surface area contributed by atoms with Gasteiger partial charge in [0.2, 0.25) is 10.8 Å². The van der Waals surface area contributed by atoms with Crippen molar-refractivity contribution in [3.63, 3.8) is 0 Å². The molecule has 80 valence electrons. The van der Waals surface area contributed by atoms with E-state index in [9.17, 15) is 0 Å². The molecule has 4 nitrogen and oxygen atoms in total. The van der Waals surface area contributed by atoms with Gasteiger partial charge in [-0.3, -0.25) is 0 Å². The number of hydrogen-bond donors (Lipinski definition) is 0. The standard InChI is InChI=1S/C13H10N4/c14-16-12-5-1-3-10(8-12)7-11-4-2-6-13(9-11)17-15/h1-6,8-9H,7H2/q+2. The zero-order valence-electron chi connectivity index (χ0n) is 9.11. The summed E-state index contributed by atoms with van der Waals surface area (Å²) in [4.78, 5) is 6.30. The summed E-state index contributed by atoms with van der Waals surface area (Å²) in [6, 6.07) is 14.7. The summed E-state index contributed by atoms with van der Waals surface area (Å²) in [5.41, 5.74) is 3.14. The molecule has 17 heavy (non-hydrogen) atoms. The number of benzene rings is 2. The van der Waals surface area contributed by atoms with Crippen molar-refractivity contribution in [1.82, 2.24) is 0 Å². The molecule has 0 bridgehead atoms. The van der Waals surface area contributed by atoms with Crippen LogP contribution in [0.25, 0.3) is 9.95 Å². The Morgan fingerprint density at radius 2 is 1.24 bits per heavy atom. The van der Waals surface area contributed by atoms with Crippen molar-refractivity contribution in [2.45, 2.75) is 6.42 Å². The van der Waals surface area contributed by atoms with Gasteiger partial charge in [-0.25, -0.2) is 0 Å². The summed E-state index contributed by atoms with van der Waals surface area (Å²) in [6.07, 6.45) is 0.701. The SMILES string of the molecule is N#[N+]c1cccc(Cc2cccc([N+]#N)c2)c1. The molecule has 2 aromatic rings. The minimum atomic E-state index is 0.533. The number of nitrogens with zero attached hydrogens (tertiary/aromatic N) is 4. The van der Waals surface area contributed by atoms with Crippen LogP contribution in [0.3, 0.4) is 0 Å². The third kappa shape index (κ3) is 2.64. The molecule has 2 rings (SSSR count). The van der Waals surface area contributed by atoms with E-state index in [4.69, 9.17) is 10.8 Å². The van der Waals surface area contributed by atoms with Crippen LogP contribution in [0.15, 0.2) is 48.5 Å². The molecule has 0 saturated carbocycles. The number of diazo groups is 2. The van der Waals surface area contributed by atoms with Gasteiger partial charge < -0.3 is 0 Å². The first-order chi connectivity index (χ1) is 8.31. The molecule has 0 saturated heterocycles. The molecule has 0 radical (unpaired) electrons. The van der Waals surface area contributed by atoms with E-state index in [1.165, 1.54) is 0 Å². The summed E-state index contributed by atoms with van der Waals surface area (Å²) < 4.78 is 0. The van der Waals surface area contributed by atoms with E-state index in [1.807, 2.05) is 36.4 Å². The highest BCUT2D eigenvalue weighted by molar-refractivity contribution is 5.49. The molecule has 0 amide bonds. The zero-order valence-corrected chi connectivity index (χ0v) is 9.11. The van der Waals surface area contributed by atoms with Crippen molar-refractivity contribution in [1.29, 1.82) is 10.8 Å². The molecular weight excluding hydrogens is 212 g/mol. The molecule has 0 aliphatic heterocycles. The average Bonchev–Trinajstić information content (AvgIpc) is 2.39. The van der Waals surface area contributed by atoms with Gasteiger partial charge in [-0.05, 0) is 17.5 Å². The van der Waals surface area contributed by atoms with Gasteiger partial charge in [0.15, 0.2) is 9.95 Å². The lowest BCUT2D eigenvalue weighted by Crippen LogP contribution is -1.86. The van der Waals surface area contributed by atoms with Gasteiger partial charge in [0, 0.05) is 24.3 Å². The predicted octanol–water partition coefficient (Wildman–Crippen LogP) is 4.25. The maximum Gasteiger partial charge on any atom is 0.385 e. The Morgan fingerprint density at radius 3 is 1.65 bits per heavy atom. The highest BCUT2D eigenvalue weighted by atomic mass is 14.8. The summed E-state index contributed by atoms with van der Waals surface area (Å²) in [5, 5.41) is 17.4. The first-order valence-corrected chi connectivity index (χ1v) is 5.20. The molecular formula is C13H10N4+2. The lowest BCUT2D eigenvalue weighted by atomic mass is 10.0. The molecule has 0 atom stereocenters. The second-order valence-electron chi connectivity index (χ2n) is 3.72. The lowest BCUT2D eigenvalue weighted by Gasteiger charge is -1.98. The first kappa shape index (κ1) is 10.8. The fourth-order valence-corrected chi connectivity index (χ4v) is 1.69. The molecule has 0 heterocycles. The van der Waals surface area contributed by atoms with Crippen molar-refractivity contribution >= 4 is 11.4 Å². The first-order valence-electron chi connectivity index (χ1n) is 5.20. The molecule has 0 spiro atoms. The third-order valence-electron chi connectivity index (χ3n) is 2.46. The van der Waals surface area contributed by atoms with Crippen LogP contribution in [0.2, 0.25) is 0 Å². The maximum atomic E-state index is 8.69. The van der Waals surface area contributed by atoms with Gasteiger partial charge in [0.25, 0.3) is 0 Å². The largest absolute Gasteiger partial charge is 0.385 e. The topological polar surface area (TPSA) is 56.3 Å². The maximum absolute atomic E-state index is 8.69. The Balaban J connectivity index is 2.26. The lowest BCUT2D eigenvalue weighted by molar-refractivity contribution is 1.19. The Bertz CT molecular complexity index is 564. The van der Waals surface area contributed by atoms with Crippen molar-refractivity contribution < 1.29 is 0 Å². The molecule has 4 heteroatoms. The molecule has 0 N–H and O–H groups in total. The van der Waals surface area contributed by atoms with E-state index in [0.717, 1.165) is 11.1 Å². The number of hydrogen-bond acceptors (Lipinski definition) is 2. The summed E-state index contributed by atoms with van der Waals surface area (Å²) >= 11 is 0. The van der Waals surface area contributed by atoms with E-state index in [2.05, 4.69) is 9.95 Å². The second-order valence-corrected chi connectivity index (χ2v) is 3.72. The molecule has 0 unspecified atom stereocenters. The van der Waals surface area contributed by atoms with Gasteiger partial charge in [-0.1, -0.05) is 24.3 Å². The predicted molar refractivity (Wildman–Crippen MR) is 65.2 cm³/mol. The summed E-state index contributed by atoms with van der Waals surface area (Å²) in [7, 11) is 0.